The minimum absolute atomic E-state index is 0.321. The fourth-order valence-corrected chi connectivity index (χ4v) is 3.50. The zero-order valence-electron chi connectivity index (χ0n) is 11.6. The maximum Gasteiger partial charge on any atom is 0.126 e. The number of nitrogens with zero attached hydrogens (tertiary/aromatic N) is 2. The molecule has 0 radical (unpaired) electrons. The molecule has 1 unspecified atom stereocenters. The first-order chi connectivity index (χ1) is 9.76. The molecule has 0 saturated carbocycles. The van der Waals surface area contributed by atoms with Crippen molar-refractivity contribution in [3.05, 3.63) is 29.6 Å². The Morgan fingerprint density at radius 3 is 2.65 bits per heavy atom. The van der Waals surface area contributed by atoms with Crippen molar-refractivity contribution in [2.75, 3.05) is 24.5 Å². The van der Waals surface area contributed by atoms with Crippen molar-refractivity contribution in [2.24, 2.45) is 5.92 Å². The van der Waals surface area contributed by atoms with Crippen LogP contribution in [0.25, 0.3) is 0 Å². The van der Waals surface area contributed by atoms with Crippen LogP contribution in [0, 0.1) is 23.1 Å². The minimum Gasteiger partial charge on any atom is -0.371 e. The molecule has 2 fully saturated rings. The van der Waals surface area contributed by atoms with Gasteiger partial charge in [-0.25, -0.2) is 4.39 Å². The van der Waals surface area contributed by atoms with Crippen LogP contribution in [0.2, 0.25) is 0 Å². The molecule has 0 spiro atoms. The van der Waals surface area contributed by atoms with Crippen LogP contribution in [0.3, 0.4) is 0 Å². The van der Waals surface area contributed by atoms with Gasteiger partial charge in [0.1, 0.15) is 5.82 Å². The summed E-state index contributed by atoms with van der Waals surface area (Å²) in [5.41, 5.74) is 1.25. The normalized spacial score (nSPS) is 23.8. The molecule has 20 heavy (non-hydrogen) atoms. The number of benzene rings is 1. The fourth-order valence-electron chi connectivity index (χ4n) is 3.50. The van der Waals surface area contributed by atoms with Crippen LogP contribution in [-0.2, 0) is 0 Å². The standard InChI is InChI=1S/C16H20FN3/c17-14-8-12(11-18)9-15(10-14)20-6-3-13(4-7-20)16-2-1-5-19-16/h8-10,13,16,19H,1-7H2. The Kier molecular flexibility index (Phi) is 3.88. The van der Waals surface area contributed by atoms with Gasteiger partial charge in [-0.1, -0.05) is 0 Å². The van der Waals surface area contributed by atoms with E-state index in [-0.39, 0.29) is 5.82 Å². The summed E-state index contributed by atoms with van der Waals surface area (Å²) >= 11 is 0. The van der Waals surface area contributed by atoms with Crippen LogP contribution in [0.4, 0.5) is 10.1 Å². The maximum atomic E-state index is 13.5. The summed E-state index contributed by atoms with van der Waals surface area (Å²) in [5, 5.41) is 12.5. The summed E-state index contributed by atoms with van der Waals surface area (Å²) in [5.74, 6) is 0.427. The number of rotatable bonds is 2. The molecule has 2 saturated heterocycles. The average molecular weight is 273 g/mol. The monoisotopic (exact) mass is 273 g/mol. The summed E-state index contributed by atoms with van der Waals surface area (Å²) in [6.07, 6.45) is 4.88. The zero-order valence-corrected chi connectivity index (χ0v) is 11.6. The van der Waals surface area contributed by atoms with Gasteiger partial charge in [0.05, 0.1) is 11.6 Å². The van der Waals surface area contributed by atoms with Gasteiger partial charge in [0, 0.05) is 24.8 Å². The van der Waals surface area contributed by atoms with Crippen molar-refractivity contribution in [3.63, 3.8) is 0 Å². The van der Waals surface area contributed by atoms with E-state index in [0.29, 0.717) is 11.6 Å². The third-order valence-electron chi connectivity index (χ3n) is 4.58. The maximum absolute atomic E-state index is 13.5. The molecule has 1 aromatic carbocycles. The molecule has 0 amide bonds. The van der Waals surface area contributed by atoms with E-state index in [1.54, 1.807) is 6.07 Å². The summed E-state index contributed by atoms with van der Waals surface area (Å²) in [6.45, 7) is 3.06. The Balaban J connectivity index is 1.65. The quantitative estimate of drug-likeness (QED) is 0.900. The topological polar surface area (TPSA) is 39.1 Å². The Bertz CT molecular complexity index is 509. The van der Waals surface area contributed by atoms with Gasteiger partial charge in [-0.05, 0) is 56.3 Å². The van der Waals surface area contributed by atoms with Gasteiger partial charge in [0.25, 0.3) is 0 Å². The van der Waals surface area contributed by atoms with Gasteiger partial charge in [-0.2, -0.15) is 5.26 Å². The van der Waals surface area contributed by atoms with Crippen molar-refractivity contribution >= 4 is 5.69 Å². The number of nitrogens with one attached hydrogen (secondary N) is 1. The molecule has 3 rings (SSSR count). The van der Waals surface area contributed by atoms with E-state index in [1.807, 2.05) is 6.07 Å². The molecule has 2 aliphatic heterocycles. The molecular weight excluding hydrogens is 253 g/mol. The number of halogens is 1. The van der Waals surface area contributed by atoms with Gasteiger partial charge in [-0.15, -0.1) is 0 Å². The average Bonchev–Trinajstić information content (AvgIpc) is 3.01. The number of hydrogen-bond donors (Lipinski definition) is 1. The second-order valence-corrected chi connectivity index (χ2v) is 5.84. The third kappa shape index (κ3) is 2.78. The molecule has 4 heteroatoms. The molecule has 2 aliphatic rings. The molecule has 0 aromatic heterocycles. The van der Waals surface area contributed by atoms with Crippen molar-refractivity contribution in [2.45, 2.75) is 31.7 Å². The van der Waals surface area contributed by atoms with E-state index >= 15 is 0 Å². The first kappa shape index (κ1) is 13.4. The molecule has 2 heterocycles. The molecule has 3 nitrogen and oxygen atoms in total. The zero-order chi connectivity index (χ0) is 13.9. The molecular formula is C16H20FN3. The number of piperidine rings is 1. The van der Waals surface area contributed by atoms with E-state index in [2.05, 4.69) is 10.2 Å². The second kappa shape index (κ2) is 5.80. The summed E-state index contributed by atoms with van der Waals surface area (Å²) in [6, 6.07) is 7.32. The Morgan fingerprint density at radius 2 is 2.00 bits per heavy atom. The van der Waals surface area contributed by atoms with Crippen LogP contribution in [-0.4, -0.2) is 25.7 Å². The van der Waals surface area contributed by atoms with Crippen molar-refractivity contribution in [3.8, 4) is 6.07 Å². The SMILES string of the molecule is N#Cc1cc(F)cc(N2CCC(C3CCCN3)CC2)c1. The number of hydrogen-bond acceptors (Lipinski definition) is 3. The van der Waals surface area contributed by atoms with Crippen LogP contribution < -0.4 is 10.2 Å². The van der Waals surface area contributed by atoms with E-state index in [9.17, 15) is 4.39 Å². The van der Waals surface area contributed by atoms with E-state index in [4.69, 9.17) is 5.26 Å². The molecule has 1 N–H and O–H groups in total. The van der Waals surface area contributed by atoms with E-state index in [1.165, 1.54) is 25.0 Å². The number of nitriles is 1. The Hall–Kier alpha value is -1.60. The molecule has 0 aliphatic carbocycles. The first-order valence-electron chi connectivity index (χ1n) is 7.45. The first-order valence-corrected chi connectivity index (χ1v) is 7.45. The minimum atomic E-state index is -0.321. The van der Waals surface area contributed by atoms with Gasteiger partial charge >= 0.3 is 0 Å². The highest BCUT2D eigenvalue weighted by atomic mass is 19.1. The van der Waals surface area contributed by atoms with Gasteiger partial charge in [0.2, 0.25) is 0 Å². The largest absolute Gasteiger partial charge is 0.371 e. The van der Waals surface area contributed by atoms with Crippen molar-refractivity contribution < 1.29 is 4.39 Å². The Labute approximate surface area is 119 Å². The highest BCUT2D eigenvalue weighted by molar-refractivity contribution is 5.52. The predicted octanol–water partition coefficient (Wildman–Crippen LogP) is 2.67. The lowest BCUT2D eigenvalue weighted by atomic mass is 9.88. The third-order valence-corrected chi connectivity index (χ3v) is 4.58. The second-order valence-electron chi connectivity index (χ2n) is 5.84. The fraction of sp³-hybridized carbons (Fsp3) is 0.562. The van der Waals surface area contributed by atoms with Crippen LogP contribution >= 0.6 is 0 Å². The molecule has 1 aromatic rings. The van der Waals surface area contributed by atoms with Crippen LogP contribution in [0.15, 0.2) is 18.2 Å². The highest BCUT2D eigenvalue weighted by Gasteiger charge is 2.28. The van der Waals surface area contributed by atoms with E-state index < -0.39 is 0 Å². The lowest BCUT2D eigenvalue weighted by Crippen LogP contribution is -2.41. The summed E-state index contributed by atoms with van der Waals surface area (Å²) in [7, 11) is 0. The number of anilines is 1. The molecule has 106 valence electrons. The van der Waals surface area contributed by atoms with Crippen molar-refractivity contribution in [1.82, 2.24) is 5.32 Å². The van der Waals surface area contributed by atoms with Gasteiger partial charge in [-0.3, -0.25) is 0 Å². The lowest BCUT2D eigenvalue weighted by molar-refractivity contribution is 0.319. The van der Waals surface area contributed by atoms with E-state index in [0.717, 1.165) is 44.1 Å². The summed E-state index contributed by atoms with van der Waals surface area (Å²) in [4.78, 5) is 2.20. The smallest absolute Gasteiger partial charge is 0.126 e. The molecule has 0 bridgehead atoms. The molecule has 1 atom stereocenters. The predicted molar refractivity (Wildman–Crippen MR) is 77.1 cm³/mol. The highest BCUT2D eigenvalue weighted by Crippen LogP contribution is 2.29. The summed E-state index contributed by atoms with van der Waals surface area (Å²) < 4.78 is 13.5. The lowest BCUT2D eigenvalue weighted by Gasteiger charge is -2.36. The van der Waals surface area contributed by atoms with Gasteiger partial charge < -0.3 is 10.2 Å². The van der Waals surface area contributed by atoms with Crippen molar-refractivity contribution in [1.29, 1.82) is 5.26 Å². The van der Waals surface area contributed by atoms with Gasteiger partial charge in [0.15, 0.2) is 0 Å². The Morgan fingerprint density at radius 1 is 1.20 bits per heavy atom. The van der Waals surface area contributed by atoms with Crippen LogP contribution in [0.5, 0.6) is 0 Å². The van der Waals surface area contributed by atoms with Crippen LogP contribution in [0.1, 0.15) is 31.2 Å².